The summed E-state index contributed by atoms with van der Waals surface area (Å²) in [5.41, 5.74) is 0. The molecule has 0 saturated heterocycles. The van der Waals surface area contributed by atoms with Crippen LogP contribution < -0.4 is 0 Å². The first kappa shape index (κ1) is 12.4. The summed E-state index contributed by atoms with van der Waals surface area (Å²) in [7, 11) is 0.446. The van der Waals surface area contributed by atoms with Crippen molar-refractivity contribution >= 4 is 45.7 Å². The Kier molecular flexibility index (Phi) is 13.4. The van der Waals surface area contributed by atoms with Crippen molar-refractivity contribution < 1.29 is 2.85 Å². The third kappa shape index (κ3) is 5.82. The summed E-state index contributed by atoms with van der Waals surface area (Å²) < 4.78 is 0. The second-order valence-corrected chi connectivity index (χ2v) is 4.86. The van der Waals surface area contributed by atoms with E-state index in [2.05, 4.69) is 20.8 Å². The van der Waals surface area contributed by atoms with Crippen LogP contribution in [0, 0.1) is 0 Å². The van der Waals surface area contributed by atoms with Crippen molar-refractivity contribution in [2.75, 3.05) is 18.5 Å². The van der Waals surface area contributed by atoms with Crippen LogP contribution in [0.15, 0.2) is 0 Å². The molecule has 0 bridgehead atoms. The topological polar surface area (TPSA) is 0 Å². The summed E-state index contributed by atoms with van der Waals surface area (Å²) in [5.74, 6) is 0. The third-order valence-electron chi connectivity index (χ3n) is 1.34. The second-order valence-electron chi connectivity index (χ2n) is 1.62. The molecule has 0 N–H and O–H groups in total. The minimum atomic E-state index is 0. The van der Waals surface area contributed by atoms with E-state index in [0.717, 1.165) is 0 Å². The van der Waals surface area contributed by atoms with E-state index in [1.54, 1.807) is 0 Å². The van der Waals surface area contributed by atoms with Gasteiger partial charge in [-0.2, -0.15) is 0 Å². The van der Waals surface area contributed by atoms with Gasteiger partial charge in [-0.25, -0.2) is 0 Å². The molecule has 0 aromatic carbocycles. The van der Waals surface area contributed by atoms with Gasteiger partial charge in [0.1, 0.15) is 0 Å². The standard InChI is InChI=1S/C6H15P.Ca.2H/c1-4-7(5-2)6-3;;;/h4-6H2,1-3H3;;;/q;+2;2*-1. The van der Waals surface area contributed by atoms with Gasteiger partial charge in [-0.15, -0.1) is 7.92 Å². The van der Waals surface area contributed by atoms with Crippen molar-refractivity contribution in [3.8, 4) is 0 Å². The maximum Gasteiger partial charge on any atom is 2.00 e. The maximum atomic E-state index is 2.29. The Morgan fingerprint density at radius 3 is 1.25 bits per heavy atom. The van der Waals surface area contributed by atoms with E-state index < -0.39 is 0 Å². The average Bonchev–Trinajstić information content (AvgIpc) is 1.72. The molecule has 0 nitrogen and oxygen atoms in total. The van der Waals surface area contributed by atoms with Crippen molar-refractivity contribution in [3.05, 3.63) is 0 Å². The van der Waals surface area contributed by atoms with Crippen LogP contribution in [0.1, 0.15) is 23.6 Å². The molecule has 0 aromatic rings. The molecule has 0 amide bonds. The molecule has 0 aromatic heterocycles. The quantitative estimate of drug-likeness (QED) is 0.439. The Labute approximate surface area is 87.1 Å². The summed E-state index contributed by atoms with van der Waals surface area (Å²) >= 11 is 0. The van der Waals surface area contributed by atoms with Gasteiger partial charge in [-0.3, -0.25) is 0 Å². The van der Waals surface area contributed by atoms with Gasteiger partial charge in [0.25, 0.3) is 0 Å². The zero-order chi connectivity index (χ0) is 5.70. The first-order valence-corrected chi connectivity index (χ1v) is 4.97. The molecule has 0 radical (unpaired) electrons. The molecule has 0 spiro atoms. The van der Waals surface area contributed by atoms with Crippen molar-refractivity contribution in [3.63, 3.8) is 0 Å². The number of hydrogen-bond donors (Lipinski definition) is 0. The Hall–Kier alpha value is 1.69. The zero-order valence-electron chi connectivity index (χ0n) is 8.28. The molecule has 8 heavy (non-hydrogen) atoms. The summed E-state index contributed by atoms with van der Waals surface area (Å²) in [6, 6.07) is 0. The van der Waals surface area contributed by atoms with Gasteiger partial charge in [0.05, 0.1) is 0 Å². The molecule has 0 aliphatic rings. The van der Waals surface area contributed by atoms with Crippen LogP contribution in [0.25, 0.3) is 0 Å². The van der Waals surface area contributed by atoms with E-state index >= 15 is 0 Å². The molecule has 0 unspecified atom stereocenters. The normalized spacial score (nSPS) is 9.00. The Morgan fingerprint density at radius 2 is 1.25 bits per heavy atom. The van der Waals surface area contributed by atoms with Crippen LogP contribution in [0.3, 0.4) is 0 Å². The molecular weight excluding hydrogens is 143 g/mol. The Balaban J connectivity index is -0.0000000600. The maximum absolute atomic E-state index is 2.29. The van der Waals surface area contributed by atoms with Crippen LogP contribution in [-0.4, -0.2) is 56.2 Å². The van der Waals surface area contributed by atoms with Crippen molar-refractivity contribution in [2.24, 2.45) is 0 Å². The van der Waals surface area contributed by atoms with E-state index in [1.807, 2.05) is 0 Å². The molecule has 0 saturated carbocycles. The number of hydrogen-bond acceptors (Lipinski definition) is 0. The predicted octanol–water partition coefficient (Wildman–Crippen LogP) is 2.37. The molecule has 48 valence electrons. The van der Waals surface area contributed by atoms with Gasteiger partial charge in [0.2, 0.25) is 0 Å². The van der Waals surface area contributed by atoms with E-state index in [1.165, 1.54) is 18.5 Å². The van der Waals surface area contributed by atoms with Gasteiger partial charge in [-0.05, 0) is 18.5 Å². The van der Waals surface area contributed by atoms with Gasteiger partial charge in [0.15, 0.2) is 0 Å². The molecule has 0 heterocycles. The SMILES string of the molecule is CCP(CC)CC.[Ca+2].[H-].[H-]. The smallest absolute Gasteiger partial charge is 1.00 e. The fourth-order valence-electron chi connectivity index (χ4n) is 0.671. The Bertz CT molecular complexity index is 37.2. The molecule has 0 rings (SSSR count). The van der Waals surface area contributed by atoms with Gasteiger partial charge >= 0.3 is 37.7 Å². The van der Waals surface area contributed by atoms with E-state index in [0.29, 0.717) is 7.92 Å². The molecule has 2 heteroatoms. The van der Waals surface area contributed by atoms with E-state index in [-0.39, 0.29) is 40.6 Å². The number of rotatable bonds is 3. The molecule has 0 atom stereocenters. The second kappa shape index (κ2) is 8.69. The summed E-state index contributed by atoms with van der Waals surface area (Å²) in [5, 5.41) is 0. The van der Waals surface area contributed by atoms with Gasteiger partial charge in [-0.1, -0.05) is 20.8 Å². The average molecular weight is 160 g/mol. The van der Waals surface area contributed by atoms with Crippen molar-refractivity contribution in [1.82, 2.24) is 0 Å². The van der Waals surface area contributed by atoms with Crippen LogP contribution in [-0.2, 0) is 0 Å². The van der Waals surface area contributed by atoms with Gasteiger partial charge in [0, 0.05) is 0 Å². The molecule has 0 fully saturated rings. The molecular formula is C6H17CaP. The summed E-state index contributed by atoms with van der Waals surface area (Å²) in [4.78, 5) is 0. The van der Waals surface area contributed by atoms with Crippen molar-refractivity contribution in [1.29, 1.82) is 0 Å². The fraction of sp³-hybridized carbons (Fsp3) is 1.00. The minimum Gasteiger partial charge on any atom is -1.00 e. The Morgan fingerprint density at radius 1 is 1.00 bits per heavy atom. The fourth-order valence-corrected chi connectivity index (χ4v) is 2.01. The van der Waals surface area contributed by atoms with Crippen LogP contribution in [0.5, 0.6) is 0 Å². The summed E-state index contributed by atoms with van der Waals surface area (Å²) in [6.45, 7) is 6.87. The molecule has 0 aliphatic heterocycles. The zero-order valence-corrected chi connectivity index (χ0v) is 9.38. The van der Waals surface area contributed by atoms with Crippen molar-refractivity contribution in [2.45, 2.75) is 20.8 Å². The van der Waals surface area contributed by atoms with E-state index in [4.69, 9.17) is 0 Å². The predicted molar refractivity (Wildman–Crippen MR) is 46.5 cm³/mol. The summed E-state index contributed by atoms with van der Waals surface area (Å²) in [6.07, 6.45) is 4.26. The minimum absolute atomic E-state index is 0. The first-order valence-electron chi connectivity index (χ1n) is 3.07. The van der Waals surface area contributed by atoms with Gasteiger partial charge < -0.3 is 2.85 Å². The molecule has 0 aliphatic carbocycles. The van der Waals surface area contributed by atoms with Crippen LogP contribution in [0.2, 0.25) is 0 Å². The monoisotopic (exact) mass is 160 g/mol. The van der Waals surface area contributed by atoms with Crippen LogP contribution in [0.4, 0.5) is 0 Å². The third-order valence-corrected chi connectivity index (χ3v) is 4.02. The van der Waals surface area contributed by atoms with E-state index in [9.17, 15) is 0 Å². The largest absolute Gasteiger partial charge is 2.00 e. The first-order chi connectivity index (χ1) is 3.35. The van der Waals surface area contributed by atoms with Crippen LogP contribution >= 0.6 is 7.92 Å².